The maximum absolute atomic E-state index is 12.3. The zero-order valence-corrected chi connectivity index (χ0v) is 19.1. The molecule has 4 rings (SSSR count). The summed E-state index contributed by atoms with van der Waals surface area (Å²) in [4.78, 5) is 34.9. The number of esters is 1. The Morgan fingerprint density at radius 3 is 2.29 bits per heavy atom. The number of nitrogens with zero attached hydrogens (tertiary/aromatic N) is 1. The van der Waals surface area contributed by atoms with Crippen LogP contribution in [0.4, 0.5) is 10.5 Å². The van der Waals surface area contributed by atoms with E-state index in [0.717, 1.165) is 22.3 Å². The largest absolute Gasteiger partial charge is 0.462 e. The quantitative estimate of drug-likeness (QED) is 0.270. The van der Waals surface area contributed by atoms with Gasteiger partial charge in [-0.25, -0.2) is 9.59 Å². The summed E-state index contributed by atoms with van der Waals surface area (Å²) in [5.74, 6) is -0.660. The minimum Gasteiger partial charge on any atom is -0.462 e. The predicted octanol–water partition coefficient (Wildman–Crippen LogP) is 5.32. The highest BCUT2D eigenvalue weighted by Gasteiger charge is 2.28. The highest BCUT2D eigenvalue weighted by atomic mass is 16.6. The van der Waals surface area contributed by atoms with Crippen LogP contribution >= 0.6 is 0 Å². The van der Waals surface area contributed by atoms with E-state index in [1.54, 1.807) is 13.0 Å². The number of fused-ring (bicyclic) bond motifs is 3. The Labute approximate surface area is 202 Å². The van der Waals surface area contributed by atoms with Gasteiger partial charge < -0.3 is 14.8 Å². The highest BCUT2D eigenvalue weighted by molar-refractivity contribution is 5.91. The standard InChI is InChI=1S/C27H24N2O6/c1-2-34-26(30)19-14-13-18(25(16-19)29(32)33)8-7-15-28-27(31)35-17-24-22-11-5-3-9-20(22)21-10-4-6-12-23(21)24/h3-14,16,24H,2,15,17H2,1H3,(H,28,31). The molecule has 0 aliphatic heterocycles. The second kappa shape index (κ2) is 10.6. The second-order valence-corrected chi connectivity index (χ2v) is 7.86. The minimum atomic E-state index is -0.622. The van der Waals surface area contributed by atoms with E-state index in [4.69, 9.17) is 9.47 Å². The van der Waals surface area contributed by atoms with E-state index < -0.39 is 17.0 Å². The average Bonchev–Trinajstić information content (AvgIpc) is 3.19. The number of hydrogen-bond donors (Lipinski definition) is 1. The molecule has 1 N–H and O–H groups in total. The molecular formula is C27H24N2O6. The van der Waals surface area contributed by atoms with Crippen molar-refractivity contribution in [1.82, 2.24) is 5.32 Å². The molecule has 35 heavy (non-hydrogen) atoms. The van der Waals surface area contributed by atoms with E-state index in [1.807, 2.05) is 36.4 Å². The molecule has 0 bridgehead atoms. The van der Waals surface area contributed by atoms with Gasteiger partial charge in [0.1, 0.15) is 6.61 Å². The van der Waals surface area contributed by atoms with Gasteiger partial charge in [-0.15, -0.1) is 0 Å². The zero-order valence-electron chi connectivity index (χ0n) is 19.1. The third kappa shape index (κ3) is 5.22. The monoisotopic (exact) mass is 472 g/mol. The summed E-state index contributed by atoms with van der Waals surface area (Å²) in [7, 11) is 0. The Kier molecular flexibility index (Phi) is 7.21. The van der Waals surface area contributed by atoms with E-state index in [-0.39, 0.29) is 36.9 Å². The molecule has 0 aromatic heterocycles. The van der Waals surface area contributed by atoms with Gasteiger partial charge in [0, 0.05) is 18.5 Å². The number of hydrogen-bond acceptors (Lipinski definition) is 6. The predicted molar refractivity (Wildman–Crippen MR) is 131 cm³/mol. The molecule has 0 heterocycles. The lowest BCUT2D eigenvalue weighted by molar-refractivity contribution is -0.385. The molecule has 0 radical (unpaired) electrons. The van der Waals surface area contributed by atoms with Crippen LogP contribution < -0.4 is 5.32 Å². The van der Waals surface area contributed by atoms with Crippen LogP contribution in [-0.2, 0) is 9.47 Å². The molecular weight excluding hydrogens is 448 g/mol. The van der Waals surface area contributed by atoms with Crippen molar-refractivity contribution >= 4 is 23.8 Å². The molecule has 1 aliphatic carbocycles. The van der Waals surface area contributed by atoms with Crippen LogP contribution in [0, 0.1) is 10.1 Å². The molecule has 3 aromatic rings. The zero-order chi connectivity index (χ0) is 24.8. The van der Waals surface area contributed by atoms with Crippen molar-refractivity contribution in [2.75, 3.05) is 19.8 Å². The van der Waals surface area contributed by atoms with E-state index in [1.165, 1.54) is 24.3 Å². The smallest absolute Gasteiger partial charge is 0.407 e. The van der Waals surface area contributed by atoms with Crippen molar-refractivity contribution in [2.24, 2.45) is 0 Å². The fourth-order valence-electron chi connectivity index (χ4n) is 4.16. The lowest BCUT2D eigenvalue weighted by Crippen LogP contribution is -2.26. The van der Waals surface area contributed by atoms with Gasteiger partial charge in [-0.05, 0) is 41.3 Å². The van der Waals surface area contributed by atoms with Crippen LogP contribution in [0.5, 0.6) is 0 Å². The van der Waals surface area contributed by atoms with Crippen molar-refractivity contribution in [2.45, 2.75) is 12.8 Å². The van der Waals surface area contributed by atoms with Crippen LogP contribution in [-0.4, -0.2) is 36.7 Å². The minimum absolute atomic E-state index is 0.0377. The van der Waals surface area contributed by atoms with Gasteiger partial charge in [-0.3, -0.25) is 10.1 Å². The summed E-state index contributed by atoms with van der Waals surface area (Å²) >= 11 is 0. The summed E-state index contributed by atoms with van der Waals surface area (Å²) < 4.78 is 10.4. The average molecular weight is 472 g/mol. The van der Waals surface area contributed by atoms with Crippen molar-refractivity contribution in [3.63, 3.8) is 0 Å². The summed E-state index contributed by atoms with van der Waals surface area (Å²) in [5, 5.41) is 14.0. The number of ether oxygens (including phenoxy) is 2. The first kappa shape index (κ1) is 23.7. The maximum Gasteiger partial charge on any atom is 0.407 e. The van der Waals surface area contributed by atoms with Gasteiger partial charge in [0.2, 0.25) is 0 Å². The number of carbonyl (C=O) groups is 2. The van der Waals surface area contributed by atoms with Crippen LogP contribution in [0.1, 0.15) is 39.9 Å². The first-order chi connectivity index (χ1) is 17.0. The van der Waals surface area contributed by atoms with Crippen molar-refractivity contribution in [3.8, 4) is 11.1 Å². The molecule has 0 atom stereocenters. The number of alkyl carbamates (subject to hydrolysis) is 1. The molecule has 3 aromatic carbocycles. The van der Waals surface area contributed by atoms with Crippen LogP contribution in [0.2, 0.25) is 0 Å². The molecule has 8 nitrogen and oxygen atoms in total. The topological polar surface area (TPSA) is 108 Å². The summed E-state index contributed by atoms with van der Waals surface area (Å²) in [6.45, 7) is 2.15. The summed E-state index contributed by atoms with van der Waals surface area (Å²) in [6, 6.07) is 20.3. The fourth-order valence-corrected chi connectivity index (χ4v) is 4.16. The molecule has 0 saturated heterocycles. The SMILES string of the molecule is CCOC(=O)c1ccc(C=CCNC(=O)OCC2c3ccccc3-c3ccccc32)c([N+](=O)[O-])c1. The molecule has 1 aliphatic rings. The first-order valence-electron chi connectivity index (χ1n) is 11.2. The van der Waals surface area contributed by atoms with E-state index in [0.29, 0.717) is 5.56 Å². The Morgan fingerprint density at radius 1 is 1.00 bits per heavy atom. The van der Waals surface area contributed by atoms with E-state index in [2.05, 4.69) is 17.4 Å². The van der Waals surface area contributed by atoms with Gasteiger partial charge in [-0.1, -0.05) is 60.7 Å². The van der Waals surface area contributed by atoms with Crippen LogP contribution in [0.3, 0.4) is 0 Å². The number of nitro benzene ring substituents is 1. The highest BCUT2D eigenvalue weighted by Crippen LogP contribution is 2.44. The number of rotatable bonds is 8. The Bertz CT molecular complexity index is 1250. The van der Waals surface area contributed by atoms with E-state index in [9.17, 15) is 19.7 Å². The number of amides is 1. The molecule has 8 heteroatoms. The third-order valence-corrected chi connectivity index (χ3v) is 5.74. The van der Waals surface area contributed by atoms with Crippen molar-refractivity contribution in [1.29, 1.82) is 0 Å². The number of nitro groups is 1. The Balaban J connectivity index is 1.34. The molecule has 0 fully saturated rings. The fraction of sp³-hybridized carbons (Fsp3) is 0.185. The first-order valence-corrected chi connectivity index (χ1v) is 11.2. The number of benzene rings is 3. The van der Waals surface area contributed by atoms with Crippen LogP contribution in [0.15, 0.2) is 72.8 Å². The van der Waals surface area contributed by atoms with Crippen LogP contribution in [0.25, 0.3) is 17.2 Å². The van der Waals surface area contributed by atoms with Gasteiger partial charge in [0.05, 0.1) is 22.7 Å². The van der Waals surface area contributed by atoms with Crippen molar-refractivity contribution < 1.29 is 24.0 Å². The Morgan fingerprint density at radius 2 is 1.66 bits per heavy atom. The summed E-state index contributed by atoms with van der Waals surface area (Å²) in [5.41, 5.74) is 4.73. The lowest BCUT2D eigenvalue weighted by Gasteiger charge is -2.14. The lowest BCUT2D eigenvalue weighted by atomic mass is 9.98. The molecule has 1 amide bonds. The van der Waals surface area contributed by atoms with E-state index >= 15 is 0 Å². The second-order valence-electron chi connectivity index (χ2n) is 7.86. The van der Waals surface area contributed by atoms with Gasteiger partial charge >= 0.3 is 12.1 Å². The normalized spacial score (nSPS) is 12.1. The van der Waals surface area contributed by atoms with Gasteiger partial charge in [0.15, 0.2) is 0 Å². The maximum atomic E-state index is 12.3. The molecule has 0 unspecified atom stereocenters. The third-order valence-electron chi connectivity index (χ3n) is 5.74. The molecule has 178 valence electrons. The number of carbonyl (C=O) groups excluding carboxylic acids is 2. The van der Waals surface area contributed by atoms with Gasteiger partial charge in [-0.2, -0.15) is 0 Å². The van der Waals surface area contributed by atoms with Gasteiger partial charge in [0.25, 0.3) is 5.69 Å². The molecule has 0 saturated carbocycles. The number of nitrogens with one attached hydrogen (secondary N) is 1. The Hall–Kier alpha value is -4.46. The molecule has 0 spiro atoms. The summed E-state index contributed by atoms with van der Waals surface area (Å²) in [6.07, 6.45) is 2.51. The van der Waals surface area contributed by atoms with Crippen molar-refractivity contribution in [3.05, 3.63) is 105 Å².